The van der Waals surface area contributed by atoms with E-state index in [1.165, 1.54) is 26.0 Å². The zero-order chi connectivity index (χ0) is 19.6. The predicted molar refractivity (Wildman–Crippen MR) is 107 cm³/mol. The van der Waals surface area contributed by atoms with Crippen molar-refractivity contribution in [3.63, 3.8) is 0 Å². The van der Waals surface area contributed by atoms with Gasteiger partial charge in [-0.1, -0.05) is 12.1 Å². The molecule has 2 amide bonds. The zero-order valence-electron chi connectivity index (χ0n) is 15.4. The summed E-state index contributed by atoms with van der Waals surface area (Å²) in [7, 11) is 4.61. The van der Waals surface area contributed by atoms with E-state index in [0.717, 1.165) is 0 Å². The van der Waals surface area contributed by atoms with Gasteiger partial charge in [-0.25, -0.2) is 0 Å². The number of anilines is 2. The number of hydrogen-bond donors (Lipinski definition) is 2. The van der Waals surface area contributed by atoms with Crippen LogP contribution in [-0.4, -0.2) is 44.6 Å². The molecule has 0 aliphatic carbocycles. The maximum absolute atomic E-state index is 12.1. The van der Waals surface area contributed by atoms with Crippen molar-refractivity contribution in [2.75, 3.05) is 43.5 Å². The lowest BCUT2D eigenvalue weighted by atomic mass is 10.2. The Labute approximate surface area is 162 Å². The Morgan fingerprint density at radius 2 is 1.41 bits per heavy atom. The van der Waals surface area contributed by atoms with Crippen LogP contribution in [0.15, 0.2) is 42.5 Å². The highest BCUT2D eigenvalue weighted by Crippen LogP contribution is 2.29. The smallest absolute Gasteiger partial charge is 0.234 e. The van der Waals surface area contributed by atoms with Crippen LogP contribution in [0.1, 0.15) is 0 Å². The van der Waals surface area contributed by atoms with Crippen molar-refractivity contribution in [3.05, 3.63) is 42.5 Å². The average molecular weight is 390 g/mol. The molecule has 0 aliphatic rings. The normalized spacial score (nSPS) is 10.0. The first-order valence-electron chi connectivity index (χ1n) is 8.10. The number of carbonyl (C=O) groups is 2. The fourth-order valence-electron chi connectivity index (χ4n) is 2.26. The molecule has 144 valence electrons. The Morgan fingerprint density at radius 3 is 2.00 bits per heavy atom. The molecule has 0 unspecified atom stereocenters. The number of ether oxygens (including phenoxy) is 3. The van der Waals surface area contributed by atoms with Crippen molar-refractivity contribution in [2.24, 2.45) is 0 Å². The Balaban J connectivity index is 1.81. The first-order valence-corrected chi connectivity index (χ1v) is 9.25. The van der Waals surface area contributed by atoms with E-state index in [0.29, 0.717) is 28.6 Å². The summed E-state index contributed by atoms with van der Waals surface area (Å²) in [6.45, 7) is 0. The fourth-order valence-corrected chi connectivity index (χ4v) is 2.88. The highest BCUT2D eigenvalue weighted by Gasteiger charge is 2.11. The third-order valence-corrected chi connectivity index (χ3v) is 4.46. The minimum atomic E-state index is -0.228. The minimum absolute atomic E-state index is 0.133. The van der Waals surface area contributed by atoms with E-state index in [1.807, 2.05) is 6.07 Å². The van der Waals surface area contributed by atoms with Crippen LogP contribution in [0.4, 0.5) is 11.4 Å². The second-order valence-corrected chi connectivity index (χ2v) is 6.34. The van der Waals surface area contributed by atoms with Crippen LogP contribution in [0.25, 0.3) is 0 Å². The topological polar surface area (TPSA) is 85.9 Å². The molecule has 2 N–H and O–H groups in total. The Hall–Kier alpha value is -2.87. The van der Waals surface area contributed by atoms with Crippen LogP contribution in [0.2, 0.25) is 0 Å². The van der Waals surface area contributed by atoms with Gasteiger partial charge in [0.2, 0.25) is 11.8 Å². The molecule has 7 nitrogen and oxygen atoms in total. The van der Waals surface area contributed by atoms with E-state index in [1.54, 1.807) is 43.5 Å². The molecule has 8 heteroatoms. The molecule has 0 aromatic heterocycles. The second kappa shape index (κ2) is 10.3. The molecule has 0 spiro atoms. The summed E-state index contributed by atoms with van der Waals surface area (Å²) in [5.41, 5.74) is 1.14. The summed E-state index contributed by atoms with van der Waals surface area (Å²) < 4.78 is 15.6. The third-order valence-electron chi connectivity index (χ3n) is 3.53. The van der Waals surface area contributed by atoms with Gasteiger partial charge in [0.25, 0.3) is 0 Å². The molecule has 0 heterocycles. The Kier molecular flexibility index (Phi) is 7.81. The molecule has 0 radical (unpaired) electrons. The first-order chi connectivity index (χ1) is 13.1. The lowest BCUT2D eigenvalue weighted by Crippen LogP contribution is -2.19. The van der Waals surface area contributed by atoms with Gasteiger partial charge >= 0.3 is 0 Å². The number of amides is 2. The number of rotatable bonds is 9. The molecular formula is C19H22N2O5S. The number of nitrogens with one attached hydrogen (secondary N) is 2. The van der Waals surface area contributed by atoms with Gasteiger partial charge in [0, 0.05) is 6.07 Å². The van der Waals surface area contributed by atoms with Crippen molar-refractivity contribution in [2.45, 2.75) is 0 Å². The average Bonchev–Trinajstić information content (AvgIpc) is 2.68. The van der Waals surface area contributed by atoms with Gasteiger partial charge in [-0.05, 0) is 24.3 Å². The van der Waals surface area contributed by atoms with Crippen molar-refractivity contribution in [1.82, 2.24) is 0 Å². The number of benzene rings is 2. The van der Waals surface area contributed by atoms with Crippen molar-refractivity contribution < 1.29 is 23.8 Å². The number of para-hydroxylation sites is 2. The van der Waals surface area contributed by atoms with E-state index < -0.39 is 0 Å². The SMILES string of the molecule is COc1ccc(NC(=O)CSCC(=O)Nc2ccccc2OC)c(OC)c1. The first kappa shape index (κ1) is 20.4. The summed E-state index contributed by atoms with van der Waals surface area (Å²) in [6.07, 6.45) is 0. The third kappa shape index (κ3) is 6.10. The van der Waals surface area contributed by atoms with E-state index >= 15 is 0 Å². The van der Waals surface area contributed by atoms with Crippen LogP contribution in [-0.2, 0) is 9.59 Å². The molecule has 27 heavy (non-hydrogen) atoms. The fraction of sp³-hybridized carbons (Fsp3) is 0.263. The lowest BCUT2D eigenvalue weighted by Gasteiger charge is -2.12. The van der Waals surface area contributed by atoms with Crippen LogP contribution < -0.4 is 24.8 Å². The summed E-state index contributed by atoms with van der Waals surface area (Å²) in [4.78, 5) is 24.1. The number of carbonyl (C=O) groups excluding carboxylic acids is 2. The van der Waals surface area contributed by atoms with Gasteiger partial charge < -0.3 is 24.8 Å². The Morgan fingerprint density at radius 1 is 0.815 bits per heavy atom. The molecule has 0 aliphatic heterocycles. The summed E-state index contributed by atoms with van der Waals surface area (Å²) >= 11 is 1.21. The van der Waals surface area contributed by atoms with Gasteiger partial charge in [0.05, 0.1) is 44.2 Å². The van der Waals surface area contributed by atoms with E-state index in [9.17, 15) is 9.59 Å². The number of methoxy groups -OCH3 is 3. The van der Waals surface area contributed by atoms with Crippen molar-refractivity contribution in [3.8, 4) is 17.2 Å². The predicted octanol–water partition coefficient (Wildman–Crippen LogP) is 3.02. The van der Waals surface area contributed by atoms with Crippen LogP contribution >= 0.6 is 11.8 Å². The molecule has 0 bridgehead atoms. The lowest BCUT2D eigenvalue weighted by molar-refractivity contribution is -0.114. The highest BCUT2D eigenvalue weighted by atomic mass is 32.2. The molecule has 0 atom stereocenters. The summed E-state index contributed by atoms with van der Waals surface area (Å²) in [5, 5.41) is 5.53. The largest absolute Gasteiger partial charge is 0.497 e. The van der Waals surface area contributed by atoms with E-state index in [2.05, 4.69) is 10.6 Å². The summed E-state index contributed by atoms with van der Waals surface area (Å²) in [6, 6.07) is 12.3. The monoisotopic (exact) mass is 390 g/mol. The minimum Gasteiger partial charge on any atom is -0.497 e. The van der Waals surface area contributed by atoms with Crippen molar-refractivity contribution >= 4 is 35.0 Å². The maximum atomic E-state index is 12.1. The van der Waals surface area contributed by atoms with Crippen molar-refractivity contribution in [1.29, 1.82) is 0 Å². The second-order valence-electron chi connectivity index (χ2n) is 5.36. The van der Waals surface area contributed by atoms with Gasteiger partial charge in [0.15, 0.2) is 0 Å². The van der Waals surface area contributed by atoms with Gasteiger partial charge in [0.1, 0.15) is 17.2 Å². The molecular weight excluding hydrogens is 368 g/mol. The Bertz CT molecular complexity index is 797. The van der Waals surface area contributed by atoms with Crippen LogP contribution in [0, 0.1) is 0 Å². The van der Waals surface area contributed by atoms with Gasteiger partial charge in [-0.3, -0.25) is 9.59 Å². The van der Waals surface area contributed by atoms with Crippen LogP contribution in [0.5, 0.6) is 17.2 Å². The quantitative estimate of drug-likeness (QED) is 0.685. The van der Waals surface area contributed by atoms with Gasteiger partial charge in [-0.15, -0.1) is 11.8 Å². The standard InChI is InChI=1S/C19H22N2O5S/c1-24-13-8-9-15(17(10-13)26-3)21-19(23)12-27-11-18(22)20-14-6-4-5-7-16(14)25-2/h4-10H,11-12H2,1-3H3,(H,20,22)(H,21,23). The van der Waals surface area contributed by atoms with Crippen LogP contribution in [0.3, 0.4) is 0 Å². The number of thioether (sulfide) groups is 1. The molecule has 0 fully saturated rings. The molecule has 2 rings (SSSR count). The molecule has 0 saturated heterocycles. The molecule has 2 aromatic rings. The van der Waals surface area contributed by atoms with Gasteiger partial charge in [-0.2, -0.15) is 0 Å². The maximum Gasteiger partial charge on any atom is 0.234 e. The van der Waals surface area contributed by atoms with E-state index in [4.69, 9.17) is 14.2 Å². The molecule has 0 saturated carbocycles. The van der Waals surface area contributed by atoms with E-state index in [-0.39, 0.29) is 23.3 Å². The summed E-state index contributed by atoms with van der Waals surface area (Å²) in [5.74, 6) is 1.56. The number of hydrogen-bond acceptors (Lipinski definition) is 6. The highest BCUT2D eigenvalue weighted by molar-refractivity contribution is 8.00. The zero-order valence-corrected chi connectivity index (χ0v) is 16.2. The molecule has 2 aromatic carbocycles.